The van der Waals surface area contributed by atoms with Crippen LogP contribution in [-0.2, 0) is 9.05 Å². The van der Waals surface area contributed by atoms with Gasteiger partial charge >= 0.3 is 0 Å². The Morgan fingerprint density at radius 3 is 2.48 bits per heavy atom. The van der Waals surface area contributed by atoms with Gasteiger partial charge < -0.3 is 4.74 Å². The SMILES string of the molecule is CCC(C)c1ccccc1OCCC(C)CCS(=O)(=O)Cl. The molecule has 120 valence electrons. The van der Waals surface area contributed by atoms with Crippen molar-refractivity contribution < 1.29 is 13.2 Å². The second-order valence-electron chi connectivity index (χ2n) is 5.62. The predicted octanol–water partition coefficient (Wildman–Crippen LogP) is 4.56. The highest BCUT2D eigenvalue weighted by molar-refractivity contribution is 8.13. The van der Waals surface area contributed by atoms with Gasteiger partial charge in [0.25, 0.3) is 0 Å². The molecule has 0 aliphatic rings. The molecule has 3 nitrogen and oxygen atoms in total. The van der Waals surface area contributed by atoms with Crippen molar-refractivity contribution in [2.45, 2.75) is 46.0 Å². The van der Waals surface area contributed by atoms with Gasteiger partial charge in [-0.05, 0) is 42.7 Å². The van der Waals surface area contributed by atoms with Crippen molar-refractivity contribution in [2.24, 2.45) is 5.92 Å². The lowest BCUT2D eigenvalue weighted by Gasteiger charge is -2.17. The smallest absolute Gasteiger partial charge is 0.232 e. The molecule has 1 rings (SSSR count). The van der Waals surface area contributed by atoms with Crippen LogP contribution in [0.5, 0.6) is 5.75 Å². The number of ether oxygens (including phenoxy) is 1. The second-order valence-corrected chi connectivity index (χ2v) is 8.52. The van der Waals surface area contributed by atoms with E-state index in [9.17, 15) is 8.42 Å². The zero-order valence-corrected chi connectivity index (χ0v) is 14.6. The molecule has 0 fully saturated rings. The van der Waals surface area contributed by atoms with Crippen molar-refractivity contribution in [3.05, 3.63) is 29.8 Å². The molecular formula is C16H25ClO3S. The van der Waals surface area contributed by atoms with E-state index in [0.29, 0.717) is 18.9 Å². The summed E-state index contributed by atoms with van der Waals surface area (Å²) in [6.07, 6.45) is 2.47. The van der Waals surface area contributed by atoms with Crippen LogP contribution < -0.4 is 4.74 Å². The Balaban J connectivity index is 2.46. The number of benzene rings is 1. The van der Waals surface area contributed by atoms with Crippen LogP contribution in [0.25, 0.3) is 0 Å². The highest BCUT2D eigenvalue weighted by atomic mass is 35.7. The maximum Gasteiger partial charge on any atom is 0.232 e. The van der Waals surface area contributed by atoms with Crippen LogP contribution in [0, 0.1) is 5.92 Å². The third-order valence-corrected chi connectivity index (χ3v) is 4.97. The molecule has 0 aliphatic heterocycles. The molecule has 0 bridgehead atoms. The van der Waals surface area contributed by atoms with Gasteiger partial charge in [-0.25, -0.2) is 8.42 Å². The monoisotopic (exact) mass is 332 g/mol. The van der Waals surface area contributed by atoms with Gasteiger partial charge in [-0.15, -0.1) is 0 Å². The van der Waals surface area contributed by atoms with Crippen LogP contribution >= 0.6 is 10.7 Å². The Kier molecular flexibility index (Phi) is 7.53. The molecule has 0 saturated heterocycles. The van der Waals surface area contributed by atoms with E-state index in [1.165, 1.54) is 5.56 Å². The fraction of sp³-hybridized carbons (Fsp3) is 0.625. The van der Waals surface area contributed by atoms with Crippen LogP contribution in [0.3, 0.4) is 0 Å². The van der Waals surface area contributed by atoms with E-state index in [-0.39, 0.29) is 11.7 Å². The summed E-state index contributed by atoms with van der Waals surface area (Å²) < 4.78 is 27.7. The summed E-state index contributed by atoms with van der Waals surface area (Å²) in [6.45, 7) is 6.97. The Hall–Kier alpha value is -0.740. The van der Waals surface area contributed by atoms with E-state index < -0.39 is 9.05 Å². The van der Waals surface area contributed by atoms with Gasteiger partial charge in [0.2, 0.25) is 9.05 Å². The predicted molar refractivity (Wildman–Crippen MR) is 88.7 cm³/mol. The van der Waals surface area contributed by atoms with E-state index in [0.717, 1.165) is 18.6 Å². The number of rotatable bonds is 9. The van der Waals surface area contributed by atoms with E-state index >= 15 is 0 Å². The number of hydrogen-bond acceptors (Lipinski definition) is 3. The molecule has 1 aromatic rings. The molecule has 0 radical (unpaired) electrons. The van der Waals surface area contributed by atoms with Gasteiger partial charge in [0.05, 0.1) is 12.4 Å². The van der Waals surface area contributed by atoms with Gasteiger partial charge in [-0.1, -0.05) is 39.0 Å². The fourth-order valence-corrected chi connectivity index (χ4v) is 3.05. The van der Waals surface area contributed by atoms with Gasteiger partial charge in [-0.2, -0.15) is 0 Å². The normalized spacial score (nSPS) is 14.7. The maximum absolute atomic E-state index is 10.9. The van der Waals surface area contributed by atoms with E-state index in [1.807, 2.05) is 25.1 Å². The minimum atomic E-state index is -3.39. The quantitative estimate of drug-likeness (QED) is 0.622. The molecule has 1 aromatic carbocycles. The topological polar surface area (TPSA) is 43.4 Å². The first-order chi connectivity index (χ1) is 9.83. The molecule has 0 heterocycles. The van der Waals surface area contributed by atoms with Crippen LogP contribution in [0.4, 0.5) is 0 Å². The van der Waals surface area contributed by atoms with Gasteiger partial charge in [0, 0.05) is 10.7 Å². The van der Waals surface area contributed by atoms with Crippen molar-refractivity contribution in [3.8, 4) is 5.75 Å². The standard InChI is InChI=1S/C16H25ClO3S/c1-4-14(3)15-7-5-6-8-16(15)20-11-9-13(2)10-12-21(17,18)19/h5-8,13-14H,4,9-12H2,1-3H3. The number of halogens is 1. The Labute approximate surface area is 133 Å². The third-order valence-electron chi connectivity index (χ3n) is 3.78. The average Bonchev–Trinajstić information content (AvgIpc) is 2.44. The summed E-state index contributed by atoms with van der Waals surface area (Å²) in [7, 11) is 1.83. The largest absolute Gasteiger partial charge is 0.493 e. The first kappa shape index (κ1) is 18.3. The first-order valence-corrected chi connectivity index (χ1v) is 9.95. The highest BCUT2D eigenvalue weighted by Crippen LogP contribution is 2.28. The molecule has 5 heteroatoms. The van der Waals surface area contributed by atoms with E-state index in [4.69, 9.17) is 15.4 Å². The minimum absolute atomic E-state index is 0.0270. The van der Waals surface area contributed by atoms with Crippen LogP contribution in [0.2, 0.25) is 0 Å². The molecular weight excluding hydrogens is 308 g/mol. The molecule has 0 saturated carbocycles. The summed E-state index contributed by atoms with van der Waals surface area (Å²) in [6, 6.07) is 8.11. The summed E-state index contributed by atoms with van der Waals surface area (Å²) in [5.74, 6) is 1.71. The van der Waals surface area contributed by atoms with E-state index in [2.05, 4.69) is 19.9 Å². The molecule has 0 aliphatic carbocycles. The molecule has 0 amide bonds. The minimum Gasteiger partial charge on any atom is -0.493 e. The zero-order valence-electron chi connectivity index (χ0n) is 13.0. The summed E-state index contributed by atoms with van der Waals surface area (Å²) in [5.41, 5.74) is 1.23. The molecule has 2 unspecified atom stereocenters. The van der Waals surface area contributed by atoms with Gasteiger partial charge in [0.15, 0.2) is 0 Å². The Morgan fingerprint density at radius 1 is 1.19 bits per heavy atom. The molecule has 0 aromatic heterocycles. The Bertz CT molecular complexity index is 528. The van der Waals surface area contributed by atoms with Crippen molar-refractivity contribution >= 4 is 19.7 Å². The van der Waals surface area contributed by atoms with Gasteiger partial charge in [0.1, 0.15) is 5.75 Å². The summed E-state index contributed by atoms with van der Waals surface area (Å²) >= 11 is 0. The van der Waals surface area contributed by atoms with Crippen molar-refractivity contribution in [1.29, 1.82) is 0 Å². The highest BCUT2D eigenvalue weighted by Gasteiger charge is 2.12. The lowest BCUT2D eigenvalue weighted by atomic mass is 9.98. The summed E-state index contributed by atoms with van der Waals surface area (Å²) in [4.78, 5) is 0. The summed E-state index contributed by atoms with van der Waals surface area (Å²) in [5, 5.41) is 0. The number of para-hydroxylation sites is 1. The van der Waals surface area contributed by atoms with Crippen molar-refractivity contribution in [3.63, 3.8) is 0 Å². The Morgan fingerprint density at radius 2 is 1.86 bits per heavy atom. The third kappa shape index (κ3) is 7.18. The van der Waals surface area contributed by atoms with Crippen LogP contribution in [0.1, 0.15) is 51.5 Å². The molecule has 21 heavy (non-hydrogen) atoms. The second kappa shape index (κ2) is 8.64. The van der Waals surface area contributed by atoms with Crippen LogP contribution in [-0.4, -0.2) is 20.8 Å². The lowest BCUT2D eigenvalue weighted by molar-refractivity contribution is 0.278. The molecule has 2 atom stereocenters. The van der Waals surface area contributed by atoms with Gasteiger partial charge in [-0.3, -0.25) is 0 Å². The molecule has 0 spiro atoms. The fourth-order valence-electron chi connectivity index (χ4n) is 2.10. The van der Waals surface area contributed by atoms with Crippen molar-refractivity contribution in [1.82, 2.24) is 0 Å². The zero-order chi connectivity index (χ0) is 15.9. The van der Waals surface area contributed by atoms with Crippen molar-refractivity contribution in [2.75, 3.05) is 12.4 Å². The number of hydrogen-bond donors (Lipinski definition) is 0. The first-order valence-electron chi connectivity index (χ1n) is 7.47. The van der Waals surface area contributed by atoms with E-state index in [1.54, 1.807) is 0 Å². The maximum atomic E-state index is 10.9. The molecule has 0 N–H and O–H groups in total. The van der Waals surface area contributed by atoms with Crippen LogP contribution in [0.15, 0.2) is 24.3 Å². The average molecular weight is 333 g/mol. The lowest BCUT2D eigenvalue weighted by Crippen LogP contribution is -2.09.